The molecule has 0 amide bonds. The summed E-state index contributed by atoms with van der Waals surface area (Å²) in [7, 11) is 0. The number of benzene rings is 2. The van der Waals surface area contributed by atoms with Crippen molar-refractivity contribution >= 4 is 5.78 Å². The lowest BCUT2D eigenvalue weighted by molar-refractivity contribution is 0.0664. The molecule has 3 rings (SSSR count). The Balaban J connectivity index is 1.74. The van der Waals surface area contributed by atoms with Crippen LogP contribution >= 0.6 is 0 Å². The summed E-state index contributed by atoms with van der Waals surface area (Å²) in [6.07, 6.45) is 0. The number of carbonyl (C=O) groups excluding carboxylic acids is 1. The smallest absolute Gasteiger partial charge is 0.188 e. The number of ether oxygens (including phenoxy) is 2. The summed E-state index contributed by atoms with van der Waals surface area (Å²) in [4.78, 5) is 11.6. The first-order valence-corrected chi connectivity index (χ1v) is 6.23. The van der Waals surface area contributed by atoms with E-state index < -0.39 is 0 Å². The highest BCUT2D eigenvalue weighted by Gasteiger charge is 2.17. The van der Waals surface area contributed by atoms with Crippen LogP contribution in [0.15, 0.2) is 48.5 Å². The number of ketones is 1. The SMILES string of the molecule is O=C1COCc2cc(OCc3ccccc3)ccc21. The van der Waals surface area contributed by atoms with E-state index in [0.29, 0.717) is 13.2 Å². The van der Waals surface area contributed by atoms with E-state index in [-0.39, 0.29) is 12.4 Å². The molecule has 0 radical (unpaired) electrons. The van der Waals surface area contributed by atoms with Gasteiger partial charge in [0.1, 0.15) is 19.0 Å². The Morgan fingerprint density at radius 3 is 2.74 bits per heavy atom. The van der Waals surface area contributed by atoms with Crippen LogP contribution in [0.1, 0.15) is 21.5 Å². The third kappa shape index (κ3) is 2.66. The molecule has 0 bridgehead atoms. The largest absolute Gasteiger partial charge is 0.489 e. The number of fused-ring (bicyclic) bond motifs is 1. The molecule has 1 aliphatic rings. The summed E-state index contributed by atoms with van der Waals surface area (Å²) in [6.45, 7) is 1.18. The first-order chi connectivity index (χ1) is 9.33. The van der Waals surface area contributed by atoms with E-state index in [0.717, 1.165) is 22.4 Å². The van der Waals surface area contributed by atoms with Gasteiger partial charge in [-0.25, -0.2) is 0 Å². The molecule has 19 heavy (non-hydrogen) atoms. The standard InChI is InChI=1S/C16H14O3/c17-16-11-18-10-13-8-14(6-7-15(13)16)19-9-12-4-2-1-3-5-12/h1-8H,9-11H2. The molecule has 0 aromatic heterocycles. The molecule has 1 aliphatic heterocycles. The third-order valence-electron chi connectivity index (χ3n) is 3.12. The predicted molar refractivity (Wildman–Crippen MR) is 71.2 cm³/mol. The van der Waals surface area contributed by atoms with Gasteiger partial charge in [0.2, 0.25) is 0 Å². The van der Waals surface area contributed by atoms with Crippen LogP contribution in [0.4, 0.5) is 0 Å². The minimum absolute atomic E-state index is 0.0378. The molecule has 0 N–H and O–H groups in total. The van der Waals surface area contributed by atoms with Gasteiger partial charge in [-0.3, -0.25) is 4.79 Å². The van der Waals surface area contributed by atoms with E-state index in [1.54, 1.807) is 0 Å². The van der Waals surface area contributed by atoms with E-state index in [9.17, 15) is 4.79 Å². The fraction of sp³-hybridized carbons (Fsp3) is 0.188. The fourth-order valence-corrected chi connectivity index (χ4v) is 2.12. The maximum absolute atomic E-state index is 11.6. The maximum Gasteiger partial charge on any atom is 0.188 e. The lowest BCUT2D eigenvalue weighted by atomic mass is 10.0. The Labute approximate surface area is 111 Å². The number of carbonyl (C=O) groups is 1. The molecule has 0 saturated carbocycles. The number of Topliss-reactive ketones (excluding diaryl/α,β-unsaturated/α-hetero) is 1. The summed E-state index contributed by atoms with van der Waals surface area (Å²) in [6, 6.07) is 15.5. The van der Waals surface area contributed by atoms with E-state index in [1.165, 1.54) is 0 Å². The highest BCUT2D eigenvalue weighted by atomic mass is 16.5. The zero-order valence-corrected chi connectivity index (χ0v) is 10.5. The van der Waals surface area contributed by atoms with Crippen molar-refractivity contribution in [1.29, 1.82) is 0 Å². The van der Waals surface area contributed by atoms with Crippen molar-refractivity contribution in [3.8, 4) is 5.75 Å². The molecule has 1 heterocycles. The van der Waals surface area contributed by atoms with Gasteiger partial charge in [-0.05, 0) is 29.3 Å². The van der Waals surface area contributed by atoms with Crippen LogP contribution in [0.5, 0.6) is 5.75 Å². The van der Waals surface area contributed by atoms with Crippen molar-refractivity contribution < 1.29 is 14.3 Å². The van der Waals surface area contributed by atoms with Gasteiger partial charge < -0.3 is 9.47 Å². The van der Waals surface area contributed by atoms with E-state index in [4.69, 9.17) is 9.47 Å². The summed E-state index contributed by atoms with van der Waals surface area (Å²) in [5, 5.41) is 0. The number of rotatable bonds is 3. The maximum atomic E-state index is 11.6. The van der Waals surface area contributed by atoms with Crippen LogP contribution in [0.25, 0.3) is 0 Å². The number of hydrogen-bond donors (Lipinski definition) is 0. The third-order valence-corrected chi connectivity index (χ3v) is 3.12. The highest BCUT2D eigenvalue weighted by molar-refractivity contribution is 5.99. The fourth-order valence-electron chi connectivity index (χ4n) is 2.12. The van der Waals surface area contributed by atoms with Crippen LogP contribution < -0.4 is 4.74 Å². The molecule has 0 aliphatic carbocycles. The monoisotopic (exact) mass is 254 g/mol. The summed E-state index contributed by atoms with van der Waals surface area (Å²) >= 11 is 0. The van der Waals surface area contributed by atoms with Gasteiger partial charge in [-0.1, -0.05) is 30.3 Å². The zero-order valence-electron chi connectivity index (χ0n) is 10.5. The topological polar surface area (TPSA) is 35.5 Å². The minimum atomic E-state index is 0.0378. The Morgan fingerprint density at radius 1 is 1.05 bits per heavy atom. The van der Waals surface area contributed by atoms with Crippen molar-refractivity contribution in [3.05, 3.63) is 65.2 Å². The van der Waals surface area contributed by atoms with E-state index >= 15 is 0 Å². The molecule has 0 fully saturated rings. The molecule has 3 heteroatoms. The predicted octanol–water partition coefficient (Wildman–Crippen LogP) is 2.98. The van der Waals surface area contributed by atoms with Crippen molar-refractivity contribution in [2.45, 2.75) is 13.2 Å². The van der Waals surface area contributed by atoms with E-state index in [1.807, 2.05) is 48.5 Å². The van der Waals surface area contributed by atoms with E-state index in [2.05, 4.69) is 0 Å². The first-order valence-electron chi connectivity index (χ1n) is 6.23. The van der Waals surface area contributed by atoms with Crippen molar-refractivity contribution in [2.24, 2.45) is 0 Å². The summed E-state index contributed by atoms with van der Waals surface area (Å²) < 4.78 is 10.9. The van der Waals surface area contributed by atoms with Crippen molar-refractivity contribution in [1.82, 2.24) is 0 Å². The Bertz CT molecular complexity index is 590. The van der Waals surface area contributed by atoms with Gasteiger partial charge in [0.05, 0.1) is 6.61 Å². The number of hydrogen-bond acceptors (Lipinski definition) is 3. The molecule has 2 aromatic carbocycles. The molecule has 0 spiro atoms. The van der Waals surface area contributed by atoms with Crippen molar-refractivity contribution in [2.75, 3.05) is 6.61 Å². The lowest BCUT2D eigenvalue weighted by Gasteiger charge is -2.16. The summed E-state index contributed by atoms with van der Waals surface area (Å²) in [5.74, 6) is 0.803. The molecule has 96 valence electrons. The average molecular weight is 254 g/mol. The Morgan fingerprint density at radius 2 is 1.89 bits per heavy atom. The van der Waals surface area contributed by atoms with Crippen LogP contribution in [0.3, 0.4) is 0 Å². The second-order valence-corrected chi connectivity index (χ2v) is 4.51. The average Bonchev–Trinajstić information content (AvgIpc) is 2.46. The van der Waals surface area contributed by atoms with Crippen molar-refractivity contribution in [3.63, 3.8) is 0 Å². The molecule has 0 atom stereocenters. The summed E-state index contributed by atoms with van der Waals surface area (Å²) in [5.41, 5.74) is 2.77. The Hall–Kier alpha value is -2.13. The molecule has 2 aromatic rings. The molecule has 0 unspecified atom stereocenters. The molecule has 0 saturated heterocycles. The second kappa shape index (κ2) is 5.24. The van der Waals surface area contributed by atoms with Gasteiger partial charge in [-0.2, -0.15) is 0 Å². The van der Waals surface area contributed by atoms with Crippen LogP contribution in [0, 0.1) is 0 Å². The normalized spacial score (nSPS) is 14.0. The van der Waals surface area contributed by atoms with Crippen LogP contribution in [0.2, 0.25) is 0 Å². The minimum Gasteiger partial charge on any atom is -0.489 e. The zero-order chi connectivity index (χ0) is 13.1. The van der Waals surface area contributed by atoms with Gasteiger partial charge in [-0.15, -0.1) is 0 Å². The highest BCUT2D eigenvalue weighted by Crippen LogP contribution is 2.23. The van der Waals surface area contributed by atoms with Crippen LogP contribution in [-0.2, 0) is 18.0 Å². The quantitative estimate of drug-likeness (QED) is 0.844. The lowest BCUT2D eigenvalue weighted by Crippen LogP contribution is -2.17. The van der Waals surface area contributed by atoms with Crippen LogP contribution in [-0.4, -0.2) is 12.4 Å². The van der Waals surface area contributed by atoms with Gasteiger partial charge in [0, 0.05) is 5.56 Å². The first kappa shape index (κ1) is 11.9. The van der Waals surface area contributed by atoms with Gasteiger partial charge in [0.25, 0.3) is 0 Å². The molecule has 3 nitrogen and oxygen atoms in total. The second-order valence-electron chi connectivity index (χ2n) is 4.51. The van der Waals surface area contributed by atoms with Gasteiger partial charge >= 0.3 is 0 Å². The molecular weight excluding hydrogens is 240 g/mol. The Kier molecular flexibility index (Phi) is 3.29. The van der Waals surface area contributed by atoms with Gasteiger partial charge in [0.15, 0.2) is 5.78 Å². The molecular formula is C16H14O3.